The van der Waals surface area contributed by atoms with Gasteiger partial charge in [-0.2, -0.15) is 11.8 Å². The van der Waals surface area contributed by atoms with Crippen LogP contribution < -0.4 is 5.73 Å². The fourth-order valence-electron chi connectivity index (χ4n) is 1.32. The standard InChI is InChI=1S/C7H11N3S/c8-3-6-4-9-7-5-11-2-1-10(6)7/h4H,1-3,5,8H2. The van der Waals surface area contributed by atoms with Crippen molar-refractivity contribution in [2.45, 2.75) is 18.8 Å². The van der Waals surface area contributed by atoms with Crippen LogP contribution in [-0.4, -0.2) is 15.3 Å². The van der Waals surface area contributed by atoms with Crippen LogP contribution in [0.5, 0.6) is 0 Å². The lowest BCUT2D eigenvalue weighted by Crippen LogP contribution is -2.15. The van der Waals surface area contributed by atoms with Crippen LogP contribution >= 0.6 is 11.8 Å². The minimum absolute atomic E-state index is 0.609. The van der Waals surface area contributed by atoms with Gasteiger partial charge in [0.1, 0.15) is 5.82 Å². The van der Waals surface area contributed by atoms with Crippen LogP contribution in [0.25, 0.3) is 0 Å². The third kappa shape index (κ3) is 1.16. The first kappa shape index (κ1) is 7.18. The molecule has 0 unspecified atom stereocenters. The maximum Gasteiger partial charge on any atom is 0.118 e. The van der Waals surface area contributed by atoms with E-state index in [4.69, 9.17) is 5.73 Å². The lowest BCUT2D eigenvalue weighted by molar-refractivity contribution is 0.678. The number of aromatic nitrogens is 2. The van der Waals surface area contributed by atoms with Crippen LogP contribution in [0.4, 0.5) is 0 Å². The Balaban J connectivity index is 2.38. The Labute approximate surface area is 70.0 Å². The van der Waals surface area contributed by atoms with Gasteiger partial charge in [-0.15, -0.1) is 0 Å². The van der Waals surface area contributed by atoms with Crippen molar-refractivity contribution in [1.29, 1.82) is 0 Å². The predicted octanol–water partition coefficient (Wildman–Crippen LogP) is 0.589. The number of thioether (sulfide) groups is 1. The van der Waals surface area contributed by atoms with E-state index in [0.717, 1.165) is 12.3 Å². The van der Waals surface area contributed by atoms with E-state index >= 15 is 0 Å². The monoisotopic (exact) mass is 169 g/mol. The van der Waals surface area contributed by atoms with Gasteiger partial charge in [-0.05, 0) is 0 Å². The smallest absolute Gasteiger partial charge is 0.118 e. The van der Waals surface area contributed by atoms with Gasteiger partial charge in [0.25, 0.3) is 0 Å². The highest BCUT2D eigenvalue weighted by atomic mass is 32.2. The van der Waals surface area contributed by atoms with Gasteiger partial charge in [0, 0.05) is 25.0 Å². The molecule has 1 aromatic rings. The molecule has 0 saturated carbocycles. The molecule has 1 aromatic heterocycles. The zero-order valence-corrected chi connectivity index (χ0v) is 7.10. The molecule has 0 saturated heterocycles. The van der Waals surface area contributed by atoms with Gasteiger partial charge in [0.05, 0.1) is 11.4 Å². The molecular weight excluding hydrogens is 158 g/mol. The summed E-state index contributed by atoms with van der Waals surface area (Å²) >= 11 is 1.94. The molecule has 2 rings (SSSR count). The van der Waals surface area contributed by atoms with Crippen LogP contribution in [-0.2, 0) is 18.8 Å². The van der Waals surface area contributed by atoms with E-state index in [1.165, 1.54) is 17.3 Å². The summed E-state index contributed by atoms with van der Waals surface area (Å²) in [6.45, 7) is 1.68. The Hall–Kier alpha value is -0.480. The van der Waals surface area contributed by atoms with Crippen LogP contribution in [0.1, 0.15) is 11.5 Å². The molecule has 0 aliphatic carbocycles. The Bertz CT molecular complexity index is 243. The Morgan fingerprint density at radius 3 is 3.45 bits per heavy atom. The van der Waals surface area contributed by atoms with E-state index in [1.807, 2.05) is 18.0 Å². The van der Waals surface area contributed by atoms with Crippen LogP contribution in [0.2, 0.25) is 0 Å². The quantitative estimate of drug-likeness (QED) is 0.669. The summed E-state index contributed by atoms with van der Waals surface area (Å²) in [5.41, 5.74) is 6.72. The van der Waals surface area contributed by atoms with Crippen molar-refractivity contribution in [1.82, 2.24) is 9.55 Å². The first-order chi connectivity index (χ1) is 5.42. The number of nitrogens with zero attached hydrogens (tertiary/aromatic N) is 2. The van der Waals surface area contributed by atoms with E-state index < -0.39 is 0 Å². The number of hydrogen-bond donors (Lipinski definition) is 1. The third-order valence-corrected chi connectivity index (χ3v) is 2.85. The van der Waals surface area contributed by atoms with Crippen molar-refractivity contribution in [3.63, 3.8) is 0 Å². The topological polar surface area (TPSA) is 43.8 Å². The highest BCUT2D eigenvalue weighted by Crippen LogP contribution is 2.19. The van der Waals surface area contributed by atoms with E-state index in [0.29, 0.717) is 6.54 Å². The van der Waals surface area contributed by atoms with Gasteiger partial charge < -0.3 is 10.3 Å². The van der Waals surface area contributed by atoms with Gasteiger partial charge >= 0.3 is 0 Å². The molecule has 1 aliphatic heterocycles. The second-order valence-corrected chi connectivity index (χ2v) is 3.68. The van der Waals surface area contributed by atoms with Crippen molar-refractivity contribution in [2.24, 2.45) is 5.73 Å². The molecule has 0 radical (unpaired) electrons. The summed E-state index contributed by atoms with van der Waals surface area (Å²) in [4.78, 5) is 4.29. The van der Waals surface area contributed by atoms with E-state index in [9.17, 15) is 0 Å². The summed E-state index contributed by atoms with van der Waals surface area (Å²) < 4.78 is 2.23. The molecule has 2 heterocycles. The SMILES string of the molecule is NCc1cnc2n1CCSC2. The minimum Gasteiger partial charge on any atom is -0.329 e. The number of imidazole rings is 1. The average molecular weight is 169 g/mol. The molecule has 4 heteroatoms. The lowest BCUT2D eigenvalue weighted by Gasteiger charge is -2.15. The van der Waals surface area contributed by atoms with Crippen LogP contribution in [0, 0.1) is 0 Å². The summed E-state index contributed by atoms with van der Waals surface area (Å²) in [5, 5.41) is 0. The fraction of sp³-hybridized carbons (Fsp3) is 0.571. The summed E-state index contributed by atoms with van der Waals surface area (Å²) in [6, 6.07) is 0. The van der Waals surface area contributed by atoms with Crippen molar-refractivity contribution < 1.29 is 0 Å². The van der Waals surface area contributed by atoms with Crippen molar-refractivity contribution >= 4 is 11.8 Å². The molecule has 0 bridgehead atoms. The highest BCUT2D eigenvalue weighted by Gasteiger charge is 2.12. The molecule has 60 valence electrons. The summed E-state index contributed by atoms with van der Waals surface area (Å²) in [5.74, 6) is 3.41. The molecule has 0 spiro atoms. The van der Waals surface area contributed by atoms with Crippen molar-refractivity contribution in [2.75, 3.05) is 5.75 Å². The predicted molar refractivity (Wildman–Crippen MR) is 46.3 cm³/mol. The molecule has 3 nitrogen and oxygen atoms in total. The molecular formula is C7H11N3S. The average Bonchev–Trinajstić information content (AvgIpc) is 2.47. The summed E-state index contributed by atoms with van der Waals surface area (Å²) in [7, 11) is 0. The number of hydrogen-bond acceptors (Lipinski definition) is 3. The van der Waals surface area contributed by atoms with E-state index in [1.54, 1.807) is 0 Å². The van der Waals surface area contributed by atoms with Gasteiger partial charge in [-0.25, -0.2) is 4.98 Å². The highest BCUT2D eigenvalue weighted by molar-refractivity contribution is 7.98. The van der Waals surface area contributed by atoms with Crippen LogP contribution in [0.15, 0.2) is 6.20 Å². The normalized spacial score (nSPS) is 16.5. The number of nitrogens with two attached hydrogens (primary N) is 1. The Kier molecular flexibility index (Phi) is 1.87. The van der Waals surface area contributed by atoms with Gasteiger partial charge in [0.2, 0.25) is 0 Å². The molecule has 1 aliphatic rings. The second-order valence-electron chi connectivity index (χ2n) is 2.57. The molecule has 2 N–H and O–H groups in total. The number of rotatable bonds is 1. The van der Waals surface area contributed by atoms with Crippen molar-refractivity contribution in [3.05, 3.63) is 17.7 Å². The van der Waals surface area contributed by atoms with Crippen molar-refractivity contribution in [3.8, 4) is 0 Å². The maximum atomic E-state index is 5.55. The molecule has 0 atom stereocenters. The minimum atomic E-state index is 0.609. The zero-order valence-electron chi connectivity index (χ0n) is 6.29. The maximum absolute atomic E-state index is 5.55. The first-order valence-corrected chi connectivity index (χ1v) is 4.88. The second kappa shape index (κ2) is 2.87. The first-order valence-electron chi connectivity index (χ1n) is 3.73. The van der Waals surface area contributed by atoms with Gasteiger partial charge in [-0.1, -0.05) is 0 Å². The summed E-state index contributed by atoms with van der Waals surface area (Å²) in [6.07, 6.45) is 1.89. The van der Waals surface area contributed by atoms with E-state index in [2.05, 4.69) is 9.55 Å². The Morgan fingerprint density at radius 1 is 1.73 bits per heavy atom. The zero-order chi connectivity index (χ0) is 7.68. The molecule has 11 heavy (non-hydrogen) atoms. The molecule has 0 aromatic carbocycles. The molecule has 0 amide bonds. The van der Waals surface area contributed by atoms with Gasteiger partial charge in [-0.3, -0.25) is 0 Å². The number of fused-ring (bicyclic) bond motifs is 1. The fourth-order valence-corrected chi connectivity index (χ4v) is 2.19. The lowest BCUT2D eigenvalue weighted by atomic mass is 10.4. The van der Waals surface area contributed by atoms with Gasteiger partial charge in [0.15, 0.2) is 0 Å². The molecule has 0 fully saturated rings. The third-order valence-electron chi connectivity index (χ3n) is 1.92. The Morgan fingerprint density at radius 2 is 2.64 bits per heavy atom. The van der Waals surface area contributed by atoms with E-state index in [-0.39, 0.29) is 0 Å². The largest absolute Gasteiger partial charge is 0.329 e. The van der Waals surface area contributed by atoms with Crippen LogP contribution in [0.3, 0.4) is 0 Å².